The van der Waals surface area contributed by atoms with Gasteiger partial charge in [0.25, 0.3) is 0 Å². The molecule has 0 amide bonds. The molecule has 6 rings (SSSR count). The number of halogens is 2. The van der Waals surface area contributed by atoms with E-state index in [4.69, 9.17) is 11.5 Å². The fraction of sp³-hybridized carbons (Fsp3) is 0.357. The standard InChI is InChI=1S/C19H25N.C17H21FNP.C16H18FP.2C2H6/c1-13-7-5-9-17(11-13)19(15(3)16(4)20)18-10-6-8-14(2)12-18;1-2-17(9-10-19,13-5-3-7-15(18)11-13)14-6-4-8-16(20)12-14;1-11(2)16(12-5-3-7-14(17)9-12)13-6-4-8-15(18)10-13;2*1-2/h5-12,15-16,19H,20H2,1-4H3;3-8,11-12H,2,9-10,19-20H2,1H3;3-11,16H,18H2,1-2H3;2*1-2H3. The van der Waals surface area contributed by atoms with Gasteiger partial charge in [0.2, 0.25) is 0 Å². The van der Waals surface area contributed by atoms with Crippen molar-refractivity contribution in [3.8, 4) is 0 Å². The fourth-order valence-electron chi connectivity index (χ4n) is 8.15. The van der Waals surface area contributed by atoms with E-state index in [1.54, 1.807) is 24.3 Å². The quantitative estimate of drug-likeness (QED) is 0.120. The molecule has 6 aromatic carbocycles. The summed E-state index contributed by atoms with van der Waals surface area (Å²) in [7, 11) is 5.43. The first-order valence-corrected chi connectivity index (χ1v) is 23.7. The molecule has 6 unspecified atom stereocenters. The number of rotatable bonds is 12. The van der Waals surface area contributed by atoms with Gasteiger partial charge in [0.15, 0.2) is 0 Å². The summed E-state index contributed by atoms with van der Waals surface area (Å²) in [6.07, 6.45) is 1.70. The van der Waals surface area contributed by atoms with Gasteiger partial charge < -0.3 is 11.5 Å². The molecule has 0 aliphatic heterocycles. The van der Waals surface area contributed by atoms with Crippen molar-refractivity contribution in [3.63, 3.8) is 0 Å². The van der Waals surface area contributed by atoms with Gasteiger partial charge in [-0.25, -0.2) is 8.78 Å². The van der Waals surface area contributed by atoms with Gasteiger partial charge in [-0.05, 0) is 120 Å². The van der Waals surface area contributed by atoms with E-state index in [0.717, 1.165) is 34.6 Å². The Bertz CT molecular complexity index is 2050. The first-order valence-electron chi connectivity index (χ1n) is 22.5. The zero-order chi connectivity index (χ0) is 46.4. The summed E-state index contributed by atoms with van der Waals surface area (Å²) in [5.74, 6) is 1.06. The Hall–Kier alpha value is -4.04. The van der Waals surface area contributed by atoms with Crippen molar-refractivity contribution in [2.45, 2.75) is 112 Å². The van der Waals surface area contributed by atoms with Crippen LogP contribution < -0.4 is 22.1 Å². The lowest BCUT2D eigenvalue weighted by Crippen LogP contribution is -2.30. The first kappa shape index (κ1) is 54.1. The van der Waals surface area contributed by atoms with Crippen molar-refractivity contribution in [2.75, 3.05) is 6.54 Å². The molecule has 0 heterocycles. The highest BCUT2D eigenvalue weighted by Crippen LogP contribution is 2.39. The molecular weight excluding hydrogens is 801 g/mol. The number of nitrogens with two attached hydrogens (primary N) is 2. The second-order valence-electron chi connectivity index (χ2n) is 16.1. The minimum Gasteiger partial charge on any atom is -0.330 e. The largest absolute Gasteiger partial charge is 0.330 e. The van der Waals surface area contributed by atoms with E-state index in [1.807, 2.05) is 58.0 Å². The van der Waals surface area contributed by atoms with Crippen molar-refractivity contribution >= 4 is 29.1 Å². The third-order valence-corrected chi connectivity index (χ3v) is 12.0. The summed E-state index contributed by atoms with van der Waals surface area (Å²) in [5, 5.41) is 2.29. The maximum atomic E-state index is 13.6. The van der Waals surface area contributed by atoms with E-state index in [9.17, 15) is 8.78 Å². The van der Waals surface area contributed by atoms with Crippen LogP contribution in [0.1, 0.15) is 131 Å². The van der Waals surface area contributed by atoms with E-state index < -0.39 is 0 Å². The van der Waals surface area contributed by atoms with Crippen LogP contribution in [0.4, 0.5) is 8.78 Å². The number of aryl methyl sites for hydroxylation is 2. The summed E-state index contributed by atoms with van der Waals surface area (Å²) in [5.41, 5.74) is 21.6. The zero-order valence-corrected chi connectivity index (χ0v) is 41.7. The molecule has 0 bridgehead atoms. The third kappa shape index (κ3) is 15.9. The predicted molar refractivity (Wildman–Crippen MR) is 276 cm³/mol. The van der Waals surface area contributed by atoms with Gasteiger partial charge in [-0.3, -0.25) is 0 Å². The normalized spacial score (nSPS) is 13.0. The minimum atomic E-state index is -0.219. The minimum absolute atomic E-state index is 0.167. The molecule has 4 N–H and O–H groups in total. The number of benzene rings is 6. The molecule has 0 aliphatic carbocycles. The highest BCUT2D eigenvalue weighted by atomic mass is 31.0. The predicted octanol–water partition coefficient (Wildman–Crippen LogP) is 14.0. The molecule has 0 spiro atoms. The fourth-order valence-corrected chi connectivity index (χ4v) is 8.75. The summed E-state index contributed by atoms with van der Waals surface area (Å²) < 4.78 is 27.0. The van der Waals surface area contributed by atoms with Gasteiger partial charge in [0.1, 0.15) is 11.6 Å². The van der Waals surface area contributed by atoms with Crippen molar-refractivity contribution in [1.29, 1.82) is 0 Å². The van der Waals surface area contributed by atoms with Crippen LogP contribution in [-0.2, 0) is 5.41 Å². The molecule has 6 aromatic rings. The molecule has 0 radical (unpaired) electrons. The molecule has 334 valence electrons. The van der Waals surface area contributed by atoms with Gasteiger partial charge in [0, 0.05) is 23.3 Å². The highest BCUT2D eigenvalue weighted by Gasteiger charge is 2.32. The second-order valence-corrected chi connectivity index (χ2v) is 17.4. The average molecular weight is 877 g/mol. The molecular formula is C56H76F2N2P2. The summed E-state index contributed by atoms with van der Waals surface area (Å²) in [4.78, 5) is 0. The lowest BCUT2D eigenvalue weighted by atomic mass is 9.70. The molecule has 0 saturated heterocycles. The number of hydrogen-bond donors (Lipinski definition) is 2. The molecule has 62 heavy (non-hydrogen) atoms. The van der Waals surface area contributed by atoms with E-state index in [2.05, 4.69) is 146 Å². The summed E-state index contributed by atoms with van der Waals surface area (Å²) >= 11 is 0. The molecule has 2 nitrogen and oxygen atoms in total. The maximum Gasteiger partial charge on any atom is 0.123 e. The second kappa shape index (κ2) is 27.9. The summed E-state index contributed by atoms with van der Waals surface area (Å²) in [6.45, 7) is 23.7. The van der Waals surface area contributed by atoms with E-state index >= 15 is 0 Å². The van der Waals surface area contributed by atoms with Crippen LogP contribution in [0.15, 0.2) is 146 Å². The summed E-state index contributed by atoms with van der Waals surface area (Å²) in [6, 6.07) is 48.3. The van der Waals surface area contributed by atoms with Gasteiger partial charge in [0.05, 0.1) is 0 Å². The molecule has 0 fully saturated rings. The first-order chi connectivity index (χ1) is 29.7. The Morgan fingerprint density at radius 1 is 0.532 bits per heavy atom. The lowest BCUT2D eigenvalue weighted by Gasteiger charge is -2.34. The zero-order valence-electron chi connectivity index (χ0n) is 39.4. The van der Waals surface area contributed by atoms with Gasteiger partial charge in [-0.15, -0.1) is 18.5 Å². The van der Waals surface area contributed by atoms with Crippen LogP contribution in [0.2, 0.25) is 0 Å². The molecule has 6 heteroatoms. The molecule has 0 aliphatic rings. The van der Waals surface area contributed by atoms with Gasteiger partial charge >= 0.3 is 0 Å². The molecule has 0 saturated carbocycles. The smallest absolute Gasteiger partial charge is 0.123 e. The van der Waals surface area contributed by atoms with Crippen LogP contribution in [0, 0.1) is 37.3 Å². The van der Waals surface area contributed by atoms with Crippen LogP contribution >= 0.6 is 18.5 Å². The van der Waals surface area contributed by atoms with Crippen LogP contribution in [-0.4, -0.2) is 12.6 Å². The van der Waals surface area contributed by atoms with Crippen LogP contribution in [0.5, 0.6) is 0 Å². The number of hydrogen-bond acceptors (Lipinski definition) is 2. The van der Waals surface area contributed by atoms with Crippen molar-refractivity contribution in [2.24, 2.45) is 23.3 Å². The van der Waals surface area contributed by atoms with E-state index in [1.165, 1.54) is 45.5 Å². The monoisotopic (exact) mass is 877 g/mol. The topological polar surface area (TPSA) is 52.0 Å². The Balaban J connectivity index is 0.000000308. The SMILES string of the molecule is CC.CC.CC(C)C(c1cccc(F)c1)c1cccc(P)c1.CCC(CCN)(c1cccc(F)c1)c1cccc(P)c1.Cc1cccc(C(c2cccc(C)c2)C(C)C(C)N)c1. The van der Waals surface area contributed by atoms with Crippen molar-refractivity contribution < 1.29 is 8.78 Å². The van der Waals surface area contributed by atoms with E-state index in [-0.39, 0.29) is 29.0 Å². The van der Waals surface area contributed by atoms with Gasteiger partial charge in [-0.2, -0.15) is 0 Å². The van der Waals surface area contributed by atoms with Crippen molar-refractivity contribution in [3.05, 3.63) is 202 Å². The average Bonchev–Trinajstić information content (AvgIpc) is 3.25. The van der Waals surface area contributed by atoms with Gasteiger partial charge in [-0.1, -0.05) is 188 Å². The Morgan fingerprint density at radius 2 is 0.935 bits per heavy atom. The molecule has 6 atom stereocenters. The Kier molecular flexibility index (Phi) is 24.3. The Labute approximate surface area is 380 Å². The highest BCUT2D eigenvalue weighted by molar-refractivity contribution is 7.27. The maximum absolute atomic E-state index is 13.6. The van der Waals surface area contributed by atoms with E-state index in [0.29, 0.717) is 24.3 Å². The van der Waals surface area contributed by atoms with Crippen LogP contribution in [0.3, 0.4) is 0 Å². The third-order valence-electron chi connectivity index (χ3n) is 11.3. The van der Waals surface area contributed by atoms with Crippen molar-refractivity contribution in [1.82, 2.24) is 0 Å². The Morgan fingerprint density at radius 3 is 1.34 bits per heavy atom. The van der Waals surface area contributed by atoms with Crippen LogP contribution in [0.25, 0.3) is 0 Å². The lowest BCUT2D eigenvalue weighted by molar-refractivity contribution is 0.434. The molecule has 0 aromatic heterocycles.